The van der Waals surface area contributed by atoms with Gasteiger partial charge in [-0.25, -0.2) is 16.8 Å². The molecule has 3 aromatic rings. The second kappa shape index (κ2) is 9.39. The molecule has 0 radical (unpaired) electrons. The van der Waals surface area contributed by atoms with Crippen molar-refractivity contribution in [1.82, 2.24) is 19.1 Å². The van der Waals surface area contributed by atoms with Crippen LogP contribution in [0, 0.1) is 0 Å². The molecule has 0 spiro atoms. The van der Waals surface area contributed by atoms with E-state index in [1.807, 2.05) is 7.05 Å². The Morgan fingerprint density at radius 2 is 1.52 bits per heavy atom. The number of aryl methyl sites for hydroxylation is 1. The van der Waals surface area contributed by atoms with Crippen LogP contribution in [0.3, 0.4) is 0 Å². The summed E-state index contributed by atoms with van der Waals surface area (Å²) in [6, 6.07) is 12.0. The van der Waals surface area contributed by atoms with E-state index in [0.717, 1.165) is 4.90 Å². The second-order valence-electron chi connectivity index (χ2n) is 6.52. The molecule has 166 valence electrons. The summed E-state index contributed by atoms with van der Waals surface area (Å²) in [5.41, 5.74) is 0.391. The van der Waals surface area contributed by atoms with Gasteiger partial charge >= 0.3 is 0 Å². The van der Waals surface area contributed by atoms with Gasteiger partial charge in [-0.2, -0.15) is 4.31 Å². The first-order valence-electron chi connectivity index (χ1n) is 9.42. The average molecular weight is 482 g/mol. The zero-order valence-electron chi connectivity index (χ0n) is 17.3. The van der Waals surface area contributed by atoms with Gasteiger partial charge in [-0.3, -0.25) is 4.72 Å². The highest BCUT2D eigenvalue weighted by molar-refractivity contribution is 7.99. The zero-order valence-corrected chi connectivity index (χ0v) is 19.7. The lowest BCUT2D eigenvalue weighted by atomic mass is 10.3. The fourth-order valence-electron chi connectivity index (χ4n) is 2.78. The monoisotopic (exact) mass is 481 g/mol. The summed E-state index contributed by atoms with van der Waals surface area (Å²) in [5.74, 6) is 0. The molecule has 0 aliphatic carbocycles. The normalized spacial score (nSPS) is 12.3. The number of hydrogen-bond donors (Lipinski definition) is 1. The molecule has 1 heterocycles. The minimum Gasteiger partial charge on any atom is -0.311 e. The average Bonchev–Trinajstić information content (AvgIpc) is 3.14. The number of sulfonamides is 2. The maximum absolute atomic E-state index is 12.7. The molecule has 0 unspecified atom stereocenters. The Labute approximate surface area is 186 Å². The van der Waals surface area contributed by atoms with E-state index in [1.54, 1.807) is 49.0 Å². The van der Waals surface area contributed by atoms with Crippen molar-refractivity contribution in [3.05, 3.63) is 54.9 Å². The van der Waals surface area contributed by atoms with E-state index in [0.29, 0.717) is 23.9 Å². The van der Waals surface area contributed by atoms with Crippen molar-refractivity contribution < 1.29 is 16.8 Å². The van der Waals surface area contributed by atoms with E-state index in [2.05, 4.69) is 14.9 Å². The number of benzene rings is 2. The molecule has 31 heavy (non-hydrogen) atoms. The summed E-state index contributed by atoms with van der Waals surface area (Å²) >= 11 is 1.40. The number of nitrogens with one attached hydrogen (secondary N) is 1. The van der Waals surface area contributed by atoms with Crippen LogP contribution in [0.1, 0.15) is 13.8 Å². The predicted molar refractivity (Wildman–Crippen MR) is 119 cm³/mol. The van der Waals surface area contributed by atoms with E-state index in [1.165, 1.54) is 40.3 Å². The lowest BCUT2D eigenvalue weighted by Gasteiger charge is -2.18. The van der Waals surface area contributed by atoms with Gasteiger partial charge in [0, 0.05) is 30.7 Å². The Balaban J connectivity index is 1.74. The Bertz CT molecular complexity index is 1230. The van der Waals surface area contributed by atoms with Crippen LogP contribution < -0.4 is 4.72 Å². The largest absolute Gasteiger partial charge is 0.311 e. The third kappa shape index (κ3) is 5.26. The Kier molecular flexibility index (Phi) is 7.04. The molecule has 0 aliphatic heterocycles. The van der Waals surface area contributed by atoms with Crippen molar-refractivity contribution in [2.75, 3.05) is 17.8 Å². The van der Waals surface area contributed by atoms with Crippen molar-refractivity contribution in [2.24, 2.45) is 7.05 Å². The maximum atomic E-state index is 12.7. The lowest BCUT2D eigenvalue weighted by Crippen LogP contribution is -2.30. The Morgan fingerprint density at radius 3 is 2.03 bits per heavy atom. The van der Waals surface area contributed by atoms with Gasteiger partial charge < -0.3 is 4.57 Å². The minimum atomic E-state index is -3.87. The van der Waals surface area contributed by atoms with Crippen LogP contribution in [0.4, 0.5) is 5.69 Å². The van der Waals surface area contributed by atoms with Crippen LogP contribution in [-0.4, -0.2) is 49.0 Å². The highest BCUT2D eigenvalue weighted by Gasteiger charge is 2.22. The van der Waals surface area contributed by atoms with Crippen LogP contribution in [0.25, 0.3) is 0 Å². The second-order valence-corrected chi connectivity index (χ2v) is 11.2. The predicted octanol–water partition coefficient (Wildman–Crippen LogP) is 2.80. The maximum Gasteiger partial charge on any atom is 0.261 e. The summed E-state index contributed by atoms with van der Waals surface area (Å²) in [6.07, 6.45) is 1.60. The van der Waals surface area contributed by atoms with Crippen LogP contribution in [-0.2, 0) is 27.1 Å². The van der Waals surface area contributed by atoms with Crippen LogP contribution >= 0.6 is 11.8 Å². The first-order valence-corrected chi connectivity index (χ1v) is 13.2. The molecule has 0 saturated heterocycles. The summed E-state index contributed by atoms with van der Waals surface area (Å²) < 4.78 is 56.1. The van der Waals surface area contributed by atoms with E-state index in [9.17, 15) is 16.8 Å². The van der Waals surface area contributed by atoms with Crippen molar-refractivity contribution >= 4 is 37.5 Å². The lowest BCUT2D eigenvalue weighted by molar-refractivity contribution is 0.445. The van der Waals surface area contributed by atoms with Gasteiger partial charge in [-0.1, -0.05) is 13.8 Å². The molecule has 9 nitrogen and oxygen atoms in total. The molecule has 0 aliphatic rings. The van der Waals surface area contributed by atoms with Crippen molar-refractivity contribution in [1.29, 1.82) is 0 Å². The summed E-state index contributed by atoms with van der Waals surface area (Å²) in [7, 11) is -5.68. The molecule has 0 amide bonds. The SMILES string of the molecule is CCN(CC)S(=O)(=O)c1ccc(S(=O)(=O)Nc2ccc(Sc3nncn3C)cc2)cc1. The van der Waals surface area contributed by atoms with Gasteiger partial charge in [0.15, 0.2) is 5.16 Å². The quantitative estimate of drug-likeness (QED) is 0.500. The highest BCUT2D eigenvalue weighted by atomic mass is 32.2. The van der Waals surface area contributed by atoms with Gasteiger partial charge in [-0.05, 0) is 60.3 Å². The summed E-state index contributed by atoms with van der Waals surface area (Å²) in [6.45, 7) is 4.18. The standard InChI is InChI=1S/C19H23N5O4S3/c1-4-24(5-2)31(27,28)18-12-10-17(11-13-18)30(25,26)22-15-6-8-16(9-7-15)29-19-21-20-14-23(19)3/h6-14,22H,4-5H2,1-3H3. The van der Waals surface area contributed by atoms with Crippen molar-refractivity contribution in [3.8, 4) is 0 Å². The van der Waals surface area contributed by atoms with Gasteiger partial charge in [-0.15, -0.1) is 10.2 Å². The van der Waals surface area contributed by atoms with Gasteiger partial charge in [0.2, 0.25) is 10.0 Å². The first kappa shape index (κ1) is 23.3. The molecule has 0 saturated carbocycles. The number of aromatic nitrogens is 3. The minimum absolute atomic E-state index is 0.0245. The molecule has 0 fully saturated rings. The third-order valence-corrected chi connectivity index (χ3v) is 8.98. The third-order valence-electron chi connectivity index (χ3n) is 4.46. The molecule has 2 aromatic carbocycles. The molecule has 1 N–H and O–H groups in total. The van der Waals surface area contributed by atoms with Gasteiger partial charge in [0.25, 0.3) is 10.0 Å². The van der Waals surface area contributed by atoms with Gasteiger partial charge in [0.1, 0.15) is 6.33 Å². The van der Waals surface area contributed by atoms with E-state index >= 15 is 0 Å². The first-order chi connectivity index (χ1) is 14.7. The smallest absolute Gasteiger partial charge is 0.261 e. The van der Waals surface area contributed by atoms with E-state index in [-0.39, 0.29) is 9.79 Å². The molecular weight excluding hydrogens is 458 g/mol. The molecule has 1 aromatic heterocycles. The van der Waals surface area contributed by atoms with Gasteiger partial charge in [0.05, 0.1) is 9.79 Å². The van der Waals surface area contributed by atoms with E-state index in [4.69, 9.17) is 0 Å². The van der Waals surface area contributed by atoms with Crippen LogP contribution in [0.15, 0.2) is 74.7 Å². The fraction of sp³-hybridized carbons (Fsp3) is 0.263. The molecule has 0 bridgehead atoms. The summed E-state index contributed by atoms with van der Waals surface area (Å²) in [4.78, 5) is 0.911. The van der Waals surface area contributed by atoms with Crippen LogP contribution in [0.2, 0.25) is 0 Å². The molecule has 3 rings (SSSR count). The van der Waals surface area contributed by atoms with Crippen LogP contribution in [0.5, 0.6) is 0 Å². The Hall–Kier alpha value is -2.41. The Morgan fingerprint density at radius 1 is 0.935 bits per heavy atom. The van der Waals surface area contributed by atoms with Crippen molar-refractivity contribution in [3.63, 3.8) is 0 Å². The van der Waals surface area contributed by atoms with Crippen molar-refractivity contribution in [2.45, 2.75) is 33.7 Å². The highest BCUT2D eigenvalue weighted by Crippen LogP contribution is 2.27. The topological polar surface area (TPSA) is 114 Å². The number of anilines is 1. The zero-order chi connectivity index (χ0) is 22.6. The fourth-order valence-corrected chi connectivity index (χ4v) is 6.06. The molecule has 0 atom stereocenters. The molecule has 12 heteroatoms. The molecular formula is C19H23N5O4S3. The summed E-state index contributed by atoms with van der Waals surface area (Å²) in [5, 5.41) is 8.53. The number of hydrogen-bond acceptors (Lipinski definition) is 7. The number of nitrogens with zero attached hydrogens (tertiary/aromatic N) is 4. The number of rotatable bonds is 9. The van der Waals surface area contributed by atoms with E-state index < -0.39 is 20.0 Å².